The number of ether oxygens (including phenoxy) is 1. The first-order valence-corrected chi connectivity index (χ1v) is 7.82. The number of aryl methyl sites for hydroxylation is 1. The van der Waals surface area contributed by atoms with Gasteiger partial charge in [-0.05, 0) is 12.1 Å². The van der Waals surface area contributed by atoms with Crippen LogP contribution in [0.15, 0.2) is 35.7 Å². The van der Waals surface area contributed by atoms with Crippen LogP contribution in [0.5, 0.6) is 0 Å². The Morgan fingerprint density at radius 3 is 3.04 bits per heavy atom. The standard InChI is InChI=1S/C16H21FN6O.HI/c1-18-16(20-9-14-13(17)4-3-5-19-14)23-6-7-24-15(11-23)12-8-21-22(2)10-12;/h3-5,8,10,15H,6-7,9,11H2,1-2H3,(H,18,20);1H. The minimum absolute atomic E-state index is 0. The lowest BCUT2D eigenvalue weighted by Crippen LogP contribution is -2.48. The maximum absolute atomic E-state index is 13.7. The number of nitrogens with one attached hydrogen (secondary N) is 1. The van der Waals surface area contributed by atoms with Gasteiger partial charge in [0.25, 0.3) is 0 Å². The summed E-state index contributed by atoms with van der Waals surface area (Å²) in [5, 5.41) is 7.36. The molecule has 3 heterocycles. The molecule has 0 aromatic carbocycles. The van der Waals surface area contributed by atoms with Gasteiger partial charge in [0, 0.05) is 38.6 Å². The van der Waals surface area contributed by atoms with Gasteiger partial charge >= 0.3 is 0 Å². The second kappa shape index (κ2) is 9.09. The van der Waals surface area contributed by atoms with Gasteiger partial charge in [-0.2, -0.15) is 5.10 Å². The first kappa shape index (κ1) is 19.6. The van der Waals surface area contributed by atoms with E-state index in [1.165, 1.54) is 6.07 Å². The molecule has 0 amide bonds. The summed E-state index contributed by atoms with van der Waals surface area (Å²) in [6.07, 6.45) is 5.29. The van der Waals surface area contributed by atoms with Gasteiger partial charge in [-0.15, -0.1) is 24.0 Å². The van der Waals surface area contributed by atoms with Crippen molar-refractivity contribution in [2.45, 2.75) is 12.6 Å². The van der Waals surface area contributed by atoms with E-state index in [1.807, 2.05) is 19.4 Å². The summed E-state index contributed by atoms with van der Waals surface area (Å²) >= 11 is 0. The van der Waals surface area contributed by atoms with Gasteiger partial charge in [0.15, 0.2) is 5.96 Å². The van der Waals surface area contributed by atoms with Gasteiger partial charge in [-0.25, -0.2) is 4.39 Å². The molecule has 1 N–H and O–H groups in total. The second-order valence-electron chi connectivity index (χ2n) is 5.59. The molecule has 1 fully saturated rings. The summed E-state index contributed by atoms with van der Waals surface area (Å²) in [6.45, 7) is 2.27. The molecule has 136 valence electrons. The summed E-state index contributed by atoms with van der Waals surface area (Å²) in [5.74, 6) is 0.382. The SMILES string of the molecule is CN=C(NCc1ncccc1F)N1CCOC(c2cnn(C)c2)C1.I. The predicted octanol–water partition coefficient (Wildman–Crippen LogP) is 1.72. The van der Waals surface area contributed by atoms with E-state index < -0.39 is 0 Å². The number of halogens is 2. The van der Waals surface area contributed by atoms with Crippen molar-refractivity contribution in [2.24, 2.45) is 12.0 Å². The van der Waals surface area contributed by atoms with E-state index in [9.17, 15) is 4.39 Å². The first-order chi connectivity index (χ1) is 11.7. The van der Waals surface area contributed by atoms with Crippen LogP contribution in [0.2, 0.25) is 0 Å². The molecule has 0 saturated carbocycles. The molecule has 7 nitrogen and oxygen atoms in total. The Morgan fingerprint density at radius 1 is 1.52 bits per heavy atom. The minimum atomic E-state index is -0.323. The van der Waals surface area contributed by atoms with Gasteiger partial charge < -0.3 is 15.0 Å². The minimum Gasteiger partial charge on any atom is -0.370 e. The summed E-state index contributed by atoms with van der Waals surface area (Å²) in [4.78, 5) is 10.4. The highest BCUT2D eigenvalue weighted by atomic mass is 127. The molecular weight excluding hydrogens is 438 g/mol. The molecule has 9 heteroatoms. The maximum Gasteiger partial charge on any atom is 0.194 e. The number of nitrogens with zero attached hydrogens (tertiary/aromatic N) is 5. The van der Waals surface area contributed by atoms with Crippen LogP contribution in [0.4, 0.5) is 4.39 Å². The van der Waals surface area contributed by atoms with E-state index in [2.05, 4.69) is 25.3 Å². The molecule has 25 heavy (non-hydrogen) atoms. The van der Waals surface area contributed by atoms with Crippen LogP contribution in [-0.2, 0) is 18.3 Å². The van der Waals surface area contributed by atoms with Gasteiger partial charge in [0.2, 0.25) is 0 Å². The molecule has 1 unspecified atom stereocenters. The molecule has 0 radical (unpaired) electrons. The van der Waals surface area contributed by atoms with Gasteiger partial charge in [-0.1, -0.05) is 0 Å². The second-order valence-corrected chi connectivity index (χ2v) is 5.59. The van der Waals surface area contributed by atoms with Crippen molar-refractivity contribution in [1.82, 2.24) is 25.0 Å². The van der Waals surface area contributed by atoms with Crippen LogP contribution in [0, 0.1) is 5.82 Å². The van der Waals surface area contributed by atoms with E-state index in [0.29, 0.717) is 24.8 Å². The molecule has 3 rings (SSSR count). The zero-order chi connectivity index (χ0) is 16.9. The summed E-state index contributed by atoms with van der Waals surface area (Å²) in [6, 6.07) is 2.98. The average molecular weight is 460 g/mol. The third kappa shape index (κ3) is 4.88. The quantitative estimate of drug-likeness (QED) is 0.430. The number of morpholine rings is 1. The number of pyridine rings is 1. The summed E-state index contributed by atoms with van der Waals surface area (Å²) < 4.78 is 21.3. The molecule has 2 aromatic rings. The zero-order valence-corrected chi connectivity index (χ0v) is 16.6. The zero-order valence-electron chi connectivity index (χ0n) is 14.2. The monoisotopic (exact) mass is 460 g/mol. The Labute approximate surface area is 163 Å². The van der Waals surface area contributed by atoms with E-state index in [-0.39, 0.29) is 42.4 Å². The molecule has 1 saturated heterocycles. The lowest BCUT2D eigenvalue weighted by atomic mass is 10.1. The van der Waals surface area contributed by atoms with E-state index in [4.69, 9.17) is 4.74 Å². The van der Waals surface area contributed by atoms with E-state index >= 15 is 0 Å². The Kier molecular flexibility index (Phi) is 7.12. The van der Waals surface area contributed by atoms with Crippen LogP contribution < -0.4 is 5.32 Å². The Hall–Kier alpha value is -1.75. The number of guanidine groups is 1. The molecule has 1 atom stereocenters. The van der Waals surface area contributed by atoms with Crippen LogP contribution in [0.3, 0.4) is 0 Å². The smallest absolute Gasteiger partial charge is 0.194 e. The van der Waals surface area contributed by atoms with E-state index in [0.717, 1.165) is 12.1 Å². The third-order valence-corrected chi connectivity index (χ3v) is 3.92. The highest BCUT2D eigenvalue weighted by molar-refractivity contribution is 14.0. The Morgan fingerprint density at radius 2 is 2.36 bits per heavy atom. The lowest BCUT2D eigenvalue weighted by Gasteiger charge is -2.34. The Balaban J connectivity index is 0.00000225. The van der Waals surface area contributed by atoms with Crippen molar-refractivity contribution in [3.63, 3.8) is 0 Å². The van der Waals surface area contributed by atoms with Crippen molar-refractivity contribution >= 4 is 29.9 Å². The highest BCUT2D eigenvalue weighted by Crippen LogP contribution is 2.21. The van der Waals surface area contributed by atoms with Crippen molar-refractivity contribution in [2.75, 3.05) is 26.7 Å². The number of aliphatic imine (C=N–C) groups is 1. The molecule has 0 bridgehead atoms. The maximum atomic E-state index is 13.7. The van der Waals surface area contributed by atoms with Crippen molar-refractivity contribution in [3.8, 4) is 0 Å². The molecule has 1 aliphatic rings. The fraction of sp³-hybridized carbons (Fsp3) is 0.438. The first-order valence-electron chi connectivity index (χ1n) is 7.82. The van der Waals surface area contributed by atoms with Crippen molar-refractivity contribution in [3.05, 3.63) is 47.8 Å². The number of hydrogen-bond donors (Lipinski definition) is 1. The van der Waals surface area contributed by atoms with E-state index in [1.54, 1.807) is 24.0 Å². The normalized spacial score (nSPS) is 18.0. The number of hydrogen-bond acceptors (Lipinski definition) is 4. The van der Waals surface area contributed by atoms with Gasteiger partial charge in [-0.3, -0.25) is 14.7 Å². The van der Waals surface area contributed by atoms with Gasteiger partial charge in [0.1, 0.15) is 11.9 Å². The largest absolute Gasteiger partial charge is 0.370 e. The van der Waals surface area contributed by atoms with Crippen LogP contribution in [-0.4, -0.2) is 52.4 Å². The Bertz CT molecular complexity index is 722. The topological polar surface area (TPSA) is 67.6 Å². The van der Waals surface area contributed by atoms with Crippen molar-refractivity contribution in [1.29, 1.82) is 0 Å². The molecule has 0 aliphatic carbocycles. The summed E-state index contributed by atoms with van der Waals surface area (Å²) in [7, 11) is 3.59. The average Bonchev–Trinajstić information content (AvgIpc) is 3.04. The molecular formula is C16H22FIN6O. The van der Waals surface area contributed by atoms with Crippen molar-refractivity contribution < 1.29 is 9.13 Å². The number of aromatic nitrogens is 3. The predicted molar refractivity (Wildman–Crippen MR) is 103 cm³/mol. The van der Waals surface area contributed by atoms with Crippen LogP contribution in [0.25, 0.3) is 0 Å². The summed E-state index contributed by atoms with van der Waals surface area (Å²) in [5.41, 5.74) is 1.41. The molecule has 0 spiro atoms. The highest BCUT2D eigenvalue weighted by Gasteiger charge is 2.25. The van der Waals surface area contributed by atoms with Crippen LogP contribution >= 0.6 is 24.0 Å². The fourth-order valence-corrected chi connectivity index (χ4v) is 2.69. The molecule has 1 aliphatic heterocycles. The van der Waals surface area contributed by atoms with Gasteiger partial charge in [0.05, 0.1) is 31.6 Å². The van der Waals surface area contributed by atoms with Crippen LogP contribution in [0.1, 0.15) is 17.4 Å². The fourth-order valence-electron chi connectivity index (χ4n) is 2.69. The third-order valence-electron chi connectivity index (χ3n) is 3.92. The number of rotatable bonds is 3. The molecule has 2 aromatic heterocycles. The lowest BCUT2D eigenvalue weighted by molar-refractivity contribution is -0.00806.